The number of hydrogen-bond donors (Lipinski definition) is 1. The first-order chi connectivity index (χ1) is 12.4. The fourth-order valence-corrected chi connectivity index (χ4v) is 2.61. The second-order valence-electron chi connectivity index (χ2n) is 7.00. The minimum Gasteiger partial charge on any atom is -0.497 e. The van der Waals surface area contributed by atoms with E-state index in [1.807, 2.05) is 36.4 Å². The summed E-state index contributed by atoms with van der Waals surface area (Å²) in [6.07, 6.45) is 0. The van der Waals surface area contributed by atoms with E-state index in [2.05, 4.69) is 20.8 Å². The average Bonchev–Trinajstić information content (AvgIpc) is 2.64. The molecule has 26 heavy (non-hydrogen) atoms. The predicted molar refractivity (Wildman–Crippen MR) is 104 cm³/mol. The number of methoxy groups -OCH3 is 2. The molecule has 142 valence electrons. The minimum atomic E-state index is -0.0522. The summed E-state index contributed by atoms with van der Waals surface area (Å²) in [6.45, 7) is 7.72. The third-order valence-corrected chi connectivity index (χ3v) is 4.06. The molecule has 0 unspecified atom stereocenters. The smallest absolute Gasteiger partial charge is 0.161 e. The van der Waals surface area contributed by atoms with Gasteiger partial charge < -0.3 is 24.7 Å². The largest absolute Gasteiger partial charge is 0.497 e. The first kappa shape index (κ1) is 19.9. The third-order valence-electron chi connectivity index (χ3n) is 4.06. The molecule has 2 N–H and O–H groups in total. The van der Waals surface area contributed by atoms with Gasteiger partial charge in [-0.05, 0) is 41.3 Å². The highest BCUT2D eigenvalue weighted by Gasteiger charge is 2.20. The molecule has 0 bridgehead atoms. The quantitative estimate of drug-likeness (QED) is 0.724. The third kappa shape index (κ3) is 5.05. The van der Waals surface area contributed by atoms with Gasteiger partial charge in [0.2, 0.25) is 0 Å². The number of ether oxygens (including phenoxy) is 4. The number of rotatable bonds is 8. The second-order valence-corrected chi connectivity index (χ2v) is 7.00. The first-order valence-corrected chi connectivity index (χ1v) is 8.70. The number of benzene rings is 2. The van der Waals surface area contributed by atoms with Crippen LogP contribution in [0, 0.1) is 0 Å². The van der Waals surface area contributed by atoms with Crippen molar-refractivity contribution < 1.29 is 18.9 Å². The van der Waals surface area contributed by atoms with Crippen molar-refractivity contribution in [3.8, 4) is 23.0 Å². The van der Waals surface area contributed by atoms with Crippen molar-refractivity contribution >= 4 is 0 Å². The lowest BCUT2D eigenvalue weighted by atomic mass is 9.86. The average molecular weight is 359 g/mol. The van der Waals surface area contributed by atoms with Gasteiger partial charge in [0.15, 0.2) is 11.5 Å². The van der Waals surface area contributed by atoms with Gasteiger partial charge in [0.1, 0.15) is 24.7 Å². The Morgan fingerprint density at radius 1 is 0.808 bits per heavy atom. The molecule has 2 aromatic carbocycles. The van der Waals surface area contributed by atoms with Crippen molar-refractivity contribution in [3.63, 3.8) is 0 Å². The van der Waals surface area contributed by atoms with Crippen molar-refractivity contribution in [2.75, 3.05) is 27.4 Å². The van der Waals surface area contributed by atoms with Crippen LogP contribution in [0.25, 0.3) is 0 Å². The van der Waals surface area contributed by atoms with Crippen LogP contribution >= 0.6 is 0 Å². The Hall–Kier alpha value is -2.40. The van der Waals surface area contributed by atoms with Gasteiger partial charge in [-0.25, -0.2) is 0 Å². The van der Waals surface area contributed by atoms with Crippen LogP contribution in [0.3, 0.4) is 0 Å². The van der Waals surface area contributed by atoms with Crippen molar-refractivity contribution in [2.45, 2.75) is 32.7 Å². The van der Waals surface area contributed by atoms with Crippen LogP contribution in [0.2, 0.25) is 0 Å². The molecule has 0 aliphatic carbocycles. The highest BCUT2D eigenvalue weighted by atomic mass is 16.5. The Morgan fingerprint density at radius 3 is 2.04 bits per heavy atom. The molecular formula is C21H29NO4. The summed E-state index contributed by atoms with van der Waals surface area (Å²) >= 11 is 0. The zero-order chi connectivity index (χ0) is 19.2. The fraction of sp³-hybridized carbons (Fsp3) is 0.429. The summed E-state index contributed by atoms with van der Waals surface area (Å²) in [7, 11) is 3.28. The Bertz CT molecular complexity index is 722. The highest BCUT2D eigenvalue weighted by Crippen LogP contribution is 2.34. The van der Waals surface area contributed by atoms with Gasteiger partial charge in [-0.15, -0.1) is 0 Å². The summed E-state index contributed by atoms with van der Waals surface area (Å²) in [5, 5.41) is 0. The van der Waals surface area contributed by atoms with Crippen molar-refractivity contribution in [1.29, 1.82) is 0 Å². The van der Waals surface area contributed by atoms with Crippen LogP contribution in [0.5, 0.6) is 23.0 Å². The molecule has 5 nitrogen and oxygen atoms in total. The molecule has 2 rings (SSSR count). The summed E-state index contributed by atoms with van der Waals surface area (Å²) < 4.78 is 22.5. The lowest BCUT2D eigenvalue weighted by Gasteiger charge is -2.23. The maximum Gasteiger partial charge on any atom is 0.161 e. The van der Waals surface area contributed by atoms with E-state index in [0.717, 1.165) is 22.6 Å². The van der Waals surface area contributed by atoms with Crippen LogP contribution in [-0.4, -0.2) is 27.4 Å². The van der Waals surface area contributed by atoms with Crippen molar-refractivity contribution in [3.05, 3.63) is 47.5 Å². The van der Waals surface area contributed by atoms with Crippen LogP contribution in [0.4, 0.5) is 0 Å². The zero-order valence-electron chi connectivity index (χ0n) is 16.3. The van der Waals surface area contributed by atoms with E-state index >= 15 is 0 Å². The molecule has 0 saturated carbocycles. The molecular weight excluding hydrogens is 330 g/mol. The monoisotopic (exact) mass is 359 g/mol. The Morgan fingerprint density at radius 2 is 1.46 bits per heavy atom. The normalized spacial score (nSPS) is 11.2. The van der Waals surface area contributed by atoms with Gasteiger partial charge >= 0.3 is 0 Å². The van der Waals surface area contributed by atoms with E-state index < -0.39 is 0 Å². The maximum absolute atomic E-state index is 5.97. The number of nitrogens with two attached hydrogens (primary N) is 1. The van der Waals surface area contributed by atoms with Gasteiger partial charge in [0.25, 0.3) is 0 Å². The summed E-state index contributed by atoms with van der Waals surface area (Å²) in [6, 6.07) is 11.5. The van der Waals surface area contributed by atoms with Gasteiger partial charge in [0.05, 0.1) is 14.2 Å². The molecule has 0 atom stereocenters. The van der Waals surface area contributed by atoms with E-state index in [9.17, 15) is 0 Å². The Kier molecular flexibility index (Phi) is 6.75. The molecule has 2 aromatic rings. The lowest BCUT2D eigenvalue weighted by molar-refractivity contribution is 0.208. The van der Waals surface area contributed by atoms with E-state index in [4.69, 9.17) is 24.7 Å². The Labute approximate surface area is 156 Å². The minimum absolute atomic E-state index is 0.0522. The van der Waals surface area contributed by atoms with Crippen LogP contribution in [0.15, 0.2) is 36.4 Å². The second kappa shape index (κ2) is 8.81. The zero-order valence-corrected chi connectivity index (χ0v) is 16.3. The SMILES string of the molecule is COc1ccc(OCCOc2cc(CN)ccc2OC)c(C(C)(C)C)c1. The Balaban J connectivity index is 2.02. The summed E-state index contributed by atoms with van der Waals surface area (Å²) in [5.74, 6) is 3.01. The van der Waals surface area contributed by atoms with Gasteiger partial charge in [0, 0.05) is 12.1 Å². The summed E-state index contributed by atoms with van der Waals surface area (Å²) in [4.78, 5) is 0. The highest BCUT2D eigenvalue weighted by molar-refractivity contribution is 5.44. The van der Waals surface area contributed by atoms with E-state index in [1.54, 1.807) is 14.2 Å². The lowest BCUT2D eigenvalue weighted by Crippen LogP contribution is -2.16. The topological polar surface area (TPSA) is 62.9 Å². The maximum atomic E-state index is 5.97. The molecule has 0 radical (unpaired) electrons. The molecule has 0 heterocycles. The van der Waals surface area contributed by atoms with E-state index in [1.165, 1.54) is 0 Å². The standard InChI is InChI=1S/C21H29NO4/c1-21(2,3)17-13-16(23-4)7-9-18(17)25-10-11-26-20-12-15(14-22)6-8-19(20)24-5/h6-9,12-13H,10-11,14,22H2,1-5H3. The van der Waals surface area contributed by atoms with Crippen LogP contribution in [-0.2, 0) is 12.0 Å². The van der Waals surface area contributed by atoms with Crippen molar-refractivity contribution in [1.82, 2.24) is 0 Å². The fourth-order valence-electron chi connectivity index (χ4n) is 2.61. The molecule has 0 aliphatic heterocycles. The van der Waals surface area contributed by atoms with E-state index in [0.29, 0.717) is 31.3 Å². The molecule has 5 heteroatoms. The predicted octanol–water partition coefficient (Wildman–Crippen LogP) is 3.92. The van der Waals surface area contributed by atoms with Gasteiger partial charge in [-0.1, -0.05) is 26.8 Å². The molecule has 0 aliphatic rings. The van der Waals surface area contributed by atoms with Crippen LogP contribution < -0.4 is 24.7 Å². The summed E-state index contributed by atoms with van der Waals surface area (Å²) in [5.41, 5.74) is 7.73. The molecule has 0 amide bonds. The van der Waals surface area contributed by atoms with Crippen LogP contribution in [0.1, 0.15) is 31.9 Å². The van der Waals surface area contributed by atoms with Gasteiger partial charge in [-0.3, -0.25) is 0 Å². The molecule has 0 saturated heterocycles. The first-order valence-electron chi connectivity index (χ1n) is 8.70. The van der Waals surface area contributed by atoms with E-state index in [-0.39, 0.29) is 5.41 Å². The molecule has 0 spiro atoms. The molecule has 0 fully saturated rings. The number of hydrogen-bond acceptors (Lipinski definition) is 5. The van der Waals surface area contributed by atoms with Crippen molar-refractivity contribution in [2.24, 2.45) is 5.73 Å². The van der Waals surface area contributed by atoms with Gasteiger partial charge in [-0.2, -0.15) is 0 Å². The molecule has 0 aromatic heterocycles.